The van der Waals surface area contributed by atoms with Gasteiger partial charge >= 0.3 is 0 Å². The van der Waals surface area contributed by atoms with Gasteiger partial charge in [-0.15, -0.1) is 0 Å². The molecule has 0 spiro atoms. The first-order chi connectivity index (χ1) is 10.8. The average Bonchev–Trinajstić information content (AvgIpc) is 2.53. The van der Waals surface area contributed by atoms with E-state index < -0.39 is 10.0 Å². The summed E-state index contributed by atoms with van der Waals surface area (Å²) in [6.45, 7) is 6.32. The van der Waals surface area contributed by atoms with Crippen LogP contribution in [0.2, 0.25) is 0 Å². The molecule has 2 rings (SSSR count). The van der Waals surface area contributed by atoms with Crippen LogP contribution in [0.3, 0.4) is 0 Å². The maximum absolute atomic E-state index is 12.2. The van der Waals surface area contributed by atoms with Crippen LogP contribution in [0.15, 0.2) is 53.4 Å². The Hall–Kier alpha value is -1.69. The average molecular weight is 332 g/mol. The molecule has 0 saturated heterocycles. The normalized spacial score (nSPS) is 13.3. The zero-order valence-electron chi connectivity index (χ0n) is 13.8. The first-order valence-corrected chi connectivity index (χ1v) is 9.23. The molecule has 1 atom stereocenters. The number of rotatable bonds is 6. The topological polar surface area (TPSA) is 72.2 Å². The summed E-state index contributed by atoms with van der Waals surface area (Å²) >= 11 is 0. The molecular formula is C18H24N2O2S. The van der Waals surface area contributed by atoms with Crippen LogP contribution in [0, 0.1) is 5.92 Å². The van der Waals surface area contributed by atoms with Crippen molar-refractivity contribution in [1.82, 2.24) is 4.72 Å². The second kappa shape index (κ2) is 7.25. The third kappa shape index (κ3) is 4.64. The zero-order valence-corrected chi connectivity index (χ0v) is 14.6. The Bertz CT molecular complexity index is 734. The molecule has 0 fully saturated rings. The van der Waals surface area contributed by atoms with Crippen molar-refractivity contribution >= 4 is 10.0 Å². The molecule has 124 valence electrons. The second-order valence-corrected chi connectivity index (χ2v) is 7.95. The molecule has 5 heteroatoms. The van der Waals surface area contributed by atoms with E-state index in [-0.39, 0.29) is 16.9 Å². The molecule has 0 radical (unpaired) electrons. The van der Waals surface area contributed by atoms with Crippen LogP contribution in [0.4, 0.5) is 0 Å². The first kappa shape index (κ1) is 17.7. The molecule has 4 nitrogen and oxygen atoms in total. The van der Waals surface area contributed by atoms with Crippen molar-refractivity contribution in [3.8, 4) is 11.1 Å². The molecule has 0 heterocycles. The Kier molecular flexibility index (Phi) is 5.57. The highest BCUT2D eigenvalue weighted by atomic mass is 32.2. The standard InChI is InChI=1S/C18H24N2O2S/c1-13(2)12-20-23(21,22)18-10-8-17(9-11-18)16-6-4-15(5-7-16)14(3)19/h4-11,13-14,20H,12,19H2,1-3H3. The minimum atomic E-state index is -3.44. The highest BCUT2D eigenvalue weighted by Crippen LogP contribution is 2.23. The molecule has 0 aromatic heterocycles. The third-order valence-electron chi connectivity index (χ3n) is 3.62. The molecule has 0 aliphatic rings. The lowest BCUT2D eigenvalue weighted by Crippen LogP contribution is -2.27. The summed E-state index contributed by atoms with van der Waals surface area (Å²) in [6.07, 6.45) is 0. The molecule has 1 unspecified atom stereocenters. The Labute approximate surface area is 138 Å². The van der Waals surface area contributed by atoms with Crippen molar-refractivity contribution < 1.29 is 8.42 Å². The highest BCUT2D eigenvalue weighted by molar-refractivity contribution is 7.89. The fourth-order valence-electron chi connectivity index (χ4n) is 2.17. The molecule has 3 N–H and O–H groups in total. The van der Waals surface area contributed by atoms with E-state index in [0.29, 0.717) is 6.54 Å². The zero-order chi connectivity index (χ0) is 17.0. The molecule has 0 aliphatic carbocycles. The number of hydrogen-bond donors (Lipinski definition) is 2. The van der Waals surface area contributed by atoms with Gasteiger partial charge in [0.15, 0.2) is 0 Å². The van der Waals surface area contributed by atoms with Gasteiger partial charge < -0.3 is 5.73 Å². The number of benzene rings is 2. The van der Waals surface area contributed by atoms with E-state index in [4.69, 9.17) is 5.73 Å². The Morgan fingerprint density at radius 3 is 1.83 bits per heavy atom. The second-order valence-electron chi connectivity index (χ2n) is 6.18. The van der Waals surface area contributed by atoms with Gasteiger partial charge in [0.1, 0.15) is 0 Å². The maximum atomic E-state index is 12.2. The van der Waals surface area contributed by atoms with Crippen LogP contribution in [0.1, 0.15) is 32.4 Å². The van der Waals surface area contributed by atoms with Gasteiger partial charge in [0.05, 0.1) is 4.90 Å². The molecule has 2 aromatic carbocycles. The van der Waals surface area contributed by atoms with Gasteiger partial charge in [0.2, 0.25) is 10.0 Å². The summed E-state index contributed by atoms with van der Waals surface area (Å²) in [7, 11) is -3.44. The quantitative estimate of drug-likeness (QED) is 0.852. The predicted molar refractivity (Wildman–Crippen MR) is 94.5 cm³/mol. The molecule has 0 aliphatic heterocycles. The van der Waals surface area contributed by atoms with Crippen LogP contribution in [-0.4, -0.2) is 15.0 Å². The Balaban J connectivity index is 2.19. The minimum absolute atomic E-state index is 0.00333. The lowest BCUT2D eigenvalue weighted by atomic mass is 10.0. The number of sulfonamides is 1. The van der Waals surface area contributed by atoms with Crippen LogP contribution in [-0.2, 0) is 10.0 Å². The van der Waals surface area contributed by atoms with Gasteiger partial charge in [-0.1, -0.05) is 50.2 Å². The van der Waals surface area contributed by atoms with Crippen LogP contribution in [0.25, 0.3) is 11.1 Å². The van der Waals surface area contributed by atoms with Crippen molar-refractivity contribution in [2.75, 3.05) is 6.54 Å². The van der Waals surface area contributed by atoms with E-state index in [9.17, 15) is 8.42 Å². The van der Waals surface area contributed by atoms with E-state index in [0.717, 1.165) is 16.7 Å². The van der Waals surface area contributed by atoms with Crippen LogP contribution < -0.4 is 10.5 Å². The number of nitrogens with two attached hydrogens (primary N) is 1. The van der Waals surface area contributed by atoms with E-state index in [1.807, 2.05) is 57.2 Å². The highest BCUT2D eigenvalue weighted by Gasteiger charge is 2.14. The molecule has 23 heavy (non-hydrogen) atoms. The van der Waals surface area contributed by atoms with Gasteiger partial charge in [-0.2, -0.15) is 0 Å². The molecule has 2 aromatic rings. The summed E-state index contributed by atoms with van der Waals surface area (Å²) in [5, 5.41) is 0. The summed E-state index contributed by atoms with van der Waals surface area (Å²) in [6, 6.07) is 14.9. The Morgan fingerprint density at radius 2 is 1.39 bits per heavy atom. The van der Waals surface area contributed by atoms with Crippen molar-refractivity contribution in [3.05, 3.63) is 54.1 Å². The fourth-order valence-corrected chi connectivity index (χ4v) is 3.38. The number of nitrogens with one attached hydrogen (secondary N) is 1. The van der Waals surface area contributed by atoms with Gasteiger partial charge in [-0.3, -0.25) is 0 Å². The smallest absolute Gasteiger partial charge is 0.240 e. The summed E-state index contributed by atoms with van der Waals surface area (Å²) in [4.78, 5) is 0.286. The maximum Gasteiger partial charge on any atom is 0.240 e. The molecule has 0 bridgehead atoms. The van der Waals surface area contributed by atoms with Crippen molar-refractivity contribution in [2.45, 2.75) is 31.7 Å². The molecule has 0 saturated carbocycles. The van der Waals surface area contributed by atoms with E-state index in [1.54, 1.807) is 12.1 Å². The third-order valence-corrected chi connectivity index (χ3v) is 5.06. The van der Waals surface area contributed by atoms with Gasteiger partial charge in [-0.25, -0.2) is 13.1 Å². The summed E-state index contributed by atoms with van der Waals surface area (Å²) in [5.41, 5.74) is 8.93. The van der Waals surface area contributed by atoms with Gasteiger partial charge in [0.25, 0.3) is 0 Å². The lowest BCUT2D eigenvalue weighted by molar-refractivity contribution is 0.560. The van der Waals surface area contributed by atoms with Crippen molar-refractivity contribution in [2.24, 2.45) is 11.7 Å². The number of hydrogen-bond acceptors (Lipinski definition) is 3. The SMILES string of the molecule is CC(C)CNS(=O)(=O)c1ccc(-c2ccc(C(C)N)cc2)cc1. The monoisotopic (exact) mass is 332 g/mol. The Morgan fingerprint density at radius 1 is 0.913 bits per heavy atom. The summed E-state index contributed by atoms with van der Waals surface area (Å²) < 4.78 is 27.0. The van der Waals surface area contributed by atoms with Gasteiger partial charge in [-0.05, 0) is 41.7 Å². The van der Waals surface area contributed by atoms with Crippen molar-refractivity contribution in [1.29, 1.82) is 0 Å². The largest absolute Gasteiger partial charge is 0.324 e. The van der Waals surface area contributed by atoms with Crippen LogP contribution in [0.5, 0.6) is 0 Å². The van der Waals surface area contributed by atoms with E-state index in [2.05, 4.69) is 4.72 Å². The van der Waals surface area contributed by atoms with Gasteiger partial charge in [0, 0.05) is 12.6 Å². The predicted octanol–water partition coefficient (Wildman–Crippen LogP) is 3.31. The van der Waals surface area contributed by atoms with E-state index >= 15 is 0 Å². The van der Waals surface area contributed by atoms with Crippen LogP contribution >= 0.6 is 0 Å². The van der Waals surface area contributed by atoms with Crippen molar-refractivity contribution in [3.63, 3.8) is 0 Å². The fraction of sp³-hybridized carbons (Fsp3) is 0.333. The molecular weight excluding hydrogens is 308 g/mol. The van der Waals surface area contributed by atoms with E-state index in [1.165, 1.54) is 0 Å². The lowest BCUT2D eigenvalue weighted by Gasteiger charge is -2.10. The first-order valence-electron chi connectivity index (χ1n) is 7.75. The summed E-state index contributed by atoms with van der Waals surface area (Å²) in [5.74, 6) is 0.271. The molecule has 0 amide bonds. The minimum Gasteiger partial charge on any atom is -0.324 e.